The minimum atomic E-state index is -4.61. The Morgan fingerprint density at radius 3 is 2.43 bits per heavy atom. The van der Waals surface area contributed by atoms with Crippen LogP contribution >= 0.6 is 15.9 Å². The molecular formula is C13H10BrF3N2O2. The number of halogens is 4. The van der Waals surface area contributed by atoms with E-state index in [1.54, 1.807) is 0 Å². The van der Waals surface area contributed by atoms with Crippen LogP contribution < -0.4 is 0 Å². The molecule has 112 valence electrons. The number of amides is 1. The third-order valence-corrected chi connectivity index (χ3v) is 3.38. The smallest absolute Gasteiger partial charge is 0.413 e. The van der Waals surface area contributed by atoms with Crippen molar-refractivity contribution in [2.75, 3.05) is 7.05 Å². The molecule has 1 heterocycles. The summed E-state index contributed by atoms with van der Waals surface area (Å²) < 4.78 is 45.3. The average molecular weight is 363 g/mol. The molecule has 0 unspecified atom stereocenters. The summed E-state index contributed by atoms with van der Waals surface area (Å²) in [7, 11) is 1.07. The van der Waals surface area contributed by atoms with Gasteiger partial charge >= 0.3 is 6.18 Å². The molecule has 4 nitrogen and oxygen atoms in total. The number of carbonyl (C=O) groups excluding carboxylic acids is 1. The van der Waals surface area contributed by atoms with Gasteiger partial charge in [0.25, 0.3) is 5.91 Å². The van der Waals surface area contributed by atoms with Gasteiger partial charge in [0.2, 0.25) is 5.76 Å². The highest BCUT2D eigenvalue weighted by molar-refractivity contribution is 9.10. The molecule has 1 amide bonds. The standard InChI is InChI=1S/C13H10BrF3N2O2/c1-19(12(20)10-6-18-7-21-10)11(13(15,16)17)8-2-4-9(14)5-3-8/h2-7,11H,1H3/t11-/m0/s1. The van der Waals surface area contributed by atoms with Crippen molar-refractivity contribution in [1.29, 1.82) is 0 Å². The van der Waals surface area contributed by atoms with E-state index in [9.17, 15) is 18.0 Å². The second-order valence-electron chi connectivity index (χ2n) is 4.28. The molecule has 2 aromatic rings. The number of alkyl halides is 3. The first-order valence-electron chi connectivity index (χ1n) is 5.78. The van der Waals surface area contributed by atoms with Crippen LogP contribution in [0.1, 0.15) is 22.2 Å². The number of hydrogen-bond acceptors (Lipinski definition) is 3. The first-order valence-corrected chi connectivity index (χ1v) is 6.58. The molecule has 0 fully saturated rings. The van der Waals surface area contributed by atoms with E-state index in [1.165, 1.54) is 24.3 Å². The highest BCUT2D eigenvalue weighted by atomic mass is 79.9. The van der Waals surface area contributed by atoms with E-state index in [2.05, 4.69) is 20.9 Å². The maximum absolute atomic E-state index is 13.3. The molecular weight excluding hydrogens is 353 g/mol. The summed E-state index contributed by atoms with van der Waals surface area (Å²) in [6.45, 7) is 0. The van der Waals surface area contributed by atoms with Crippen LogP contribution in [0.25, 0.3) is 0 Å². The normalized spacial score (nSPS) is 13.0. The number of aromatic nitrogens is 1. The Morgan fingerprint density at radius 1 is 1.33 bits per heavy atom. The SMILES string of the molecule is CN(C(=O)c1cnco1)[C@@H](c1ccc(Br)cc1)C(F)(F)F. The molecule has 21 heavy (non-hydrogen) atoms. The van der Waals surface area contributed by atoms with Crippen LogP contribution in [0.15, 0.2) is 45.7 Å². The third kappa shape index (κ3) is 3.44. The van der Waals surface area contributed by atoms with E-state index in [0.29, 0.717) is 9.37 Å². The Balaban J connectivity index is 2.37. The summed E-state index contributed by atoms with van der Waals surface area (Å²) in [6.07, 6.45) is -2.55. The van der Waals surface area contributed by atoms with Crippen molar-refractivity contribution in [2.24, 2.45) is 0 Å². The van der Waals surface area contributed by atoms with Gasteiger partial charge < -0.3 is 9.32 Å². The number of oxazole rings is 1. The second-order valence-corrected chi connectivity index (χ2v) is 5.19. The van der Waals surface area contributed by atoms with Crippen molar-refractivity contribution in [1.82, 2.24) is 9.88 Å². The monoisotopic (exact) mass is 362 g/mol. The van der Waals surface area contributed by atoms with Crippen molar-refractivity contribution in [3.63, 3.8) is 0 Å². The first-order chi connectivity index (χ1) is 9.80. The number of carbonyl (C=O) groups is 1. The zero-order valence-corrected chi connectivity index (χ0v) is 12.4. The lowest BCUT2D eigenvalue weighted by Gasteiger charge is -2.29. The number of benzene rings is 1. The van der Waals surface area contributed by atoms with Crippen molar-refractivity contribution < 1.29 is 22.4 Å². The van der Waals surface area contributed by atoms with Crippen LogP contribution in [0.3, 0.4) is 0 Å². The summed E-state index contributed by atoms with van der Waals surface area (Å²) in [4.78, 5) is 16.1. The van der Waals surface area contributed by atoms with Crippen molar-refractivity contribution in [3.05, 3.63) is 52.7 Å². The molecule has 0 aliphatic carbocycles. The minimum Gasteiger partial charge on any atom is -0.438 e. The predicted molar refractivity (Wildman–Crippen MR) is 71.5 cm³/mol. The van der Waals surface area contributed by atoms with Gasteiger partial charge in [-0.15, -0.1) is 0 Å². The van der Waals surface area contributed by atoms with Gasteiger partial charge in [-0.25, -0.2) is 4.98 Å². The fraction of sp³-hybridized carbons (Fsp3) is 0.231. The first kappa shape index (κ1) is 15.6. The summed E-state index contributed by atoms with van der Waals surface area (Å²) in [6, 6.07) is 3.53. The maximum atomic E-state index is 13.3. The van der Waals surface area contributed by atoms with Gasteiger partial charge in [0.15, 0.2) is 12.4 Å². The third-order valence-electron chi connectivity index (χ3n) is 2.85. The Bertz CT molecular complexity index is 611. The quantitative estimate of drug-likeness (QED) is 0.833. The molecule has 0 saturated carbocycles. The van der Waals surface area contributed by atoms with Crippen molar-refractivity contribution >= 4 is 21.8 Å². The predicted octanol–water partition coefficient (Wildman–Crippen LogP) is 3.81. The van der Waals surface area contributed by atoms with E-state index < -0.39 is 18.1 Å². The Kier molecular flexibility index (Phi) is 4.36. The van der Waals surface area contributed by atoms with Gasteiger partial charge in [0.1, 0.15) is 0 Å². The van der Waals surface area contributed by atoms with Gasteiger partial charge in [-0.05, 0) is 17.7 Å². The van der Waals surface area contributed by atoms with Crippen LogP contribution in [0.2, 0.25) is 0 Å². The Labute approximate surface area is 126 Å². The molecule has 0 N–H and O–H groups in total. The largest absolute Gasteiger partial charge is 0.438 e. The molecule has 0 spiro atoms. The van der Waals surface area contributed by atoms with Gasteiger partial charge in [-0.3, -0.25) is 4.79 Å². The lowest BCUT2D eigenvalue weighted by Crippen LogP contribution is -2.39. The van der Waals surface area contributed by atoms with E-state index in [1.807, 2.05) is 0 Å². The zero-order chi connectivity index (χ0) is 15.6. The van der Waals surface area contributed by atoms with Crippen molar-refractivity contribution in [3.8, 4) is 0 Å². The summed E-state index contributed by atoms with van der Waals surface area (Å²) in [5.74, 6) is -1.14. The van der Waals surface area contributed by atoms with Crippen LogP contribution in [-0.4, -0.2) is 29.0 Å². The fourth-order valence-corrected chi connectivity index (χ4v) is 2.15. The molecule has 1 atom stereocenters. The molecule has 0 saturated heterocycles. The second kappa shape index (κ2) is 5.88. The van der Waals surface area contributed by atoms with Gasteiger partial charge in [0, 0.05) is 11.5 Å². The average Bonchev–Trinajstić information content (AvgIpc) is 2.92. The topological polar surface area (TPSA) is 46.3 Å². The molecule has 0 aliphatic heterocycles. The highest BCUT2D eigenvalue weighted by Gasteiger charge is 2.45. The Morgan fingerprint density at radius 2 is 1.95 bits per heavy atom. The van der Waals surface area contributed by atoms with Crippen LogP contribution in [0.4, 0.5) is 13.2 Å². The minimum absolute atomic E-state index is 0.0407. The number of nitrogens with zero attached hydrogens (tertiary/aromatic N) is 2. The molecule has 2 rings (SSSR count). The fourth-order valence-electron chi connectivity index (χ4n) is 1.89. The van der Waals surface area contributed by atoms with E-state index in [4.69, 9.17) is 4.42 Å². The van der Waals surface area contributed by atoms with E-state index >= 15 is 0 Å². The van der Waals surface area contributed by atoms with Gasteiger partial charge in [0.05, 0.1) is 6.20 Å². The van der Waals surface area contributed by atoms with Gasteiger partial charge in [-0.2, -0.15) is 13.2 Å². The summed E-state index contributed by atoms with van der Waals surface area (Å²) in [5, 5.41) is 0. The molecule has 1 aromatic carbocycles. The maximum Gasteiger partial charge on any atom is 0.413 e. The summed E-state index contributed by atoms with van der Waals surface area (Å²) >= 11 is 3.16. The van der Waals surface area contributed by atoms with Crippen molar-refractivity contribution in [2.45, 2.75) is 12.2 Å². The Hall–Kier alpha value is -1.83. The molecule has 1 aromatic heterocycles. The van der Waals surface area contributed by atoms with E-state index in [-0.39, 0.29) is 11.3 Å². The van der Waals surface area contributed by atoms with Gasteiger partial charge in [-0.1, -0.05) is 28.1 Å². The van der Waals surface area contributed by atoms with Crippen LogP contribution in [0.5, 0.6) is 0 Å². The molecule has 8 heteroatoms. The highest BCUT2D eigenvalue weighted by Crippen LogP contribution is 2.37. The van der Waals surface area contributed by atoms with Crippen LogP contribution in [-0.2, 0) is 0 Å². The summed E-state index contributed by atoms with van der Waals surface area (Å²) in [5.41, 5.74) is -0.0407. The lowest BCUT2D eigenvalue weighted by atomic mass is 10.1. The number of hydrogen-bond donors (Lipinski definition) is 0. The molecule has 0 aliphatic rings. The zero-order valence-electron chi connectivity index (χ0n) is 10.8. The molecule has 0 bridgehead atoms. The molecule has 0 radical (unpaired) electrons. The lowest BCUT2D eigenvalue weighted by molar-refractivity contribution is -0.176. The van der Waals surface area contributed by atoms with E-state index in [0.717, 1.165) is 19.6 Å². The number of rotatable bonds is 3. The van der Waals surface area contributed by atoms with Crippen LogP contribution in [0, 0.1) is 0 Å².